The summed E-state index contributed by atoms with van der Waals surface area (Å²) in [4.78, 5) is 40.4. The maximum Gasteiger partial charge on any atom is 0.330 e. The van der Waals surface area contributed by atoms with Crippen molar-refractivity contribution in [1.29, 1.82) is 0 Å². The number of esters is 1. The maximum absolute atomic E-state index is 12.6. The van der Waals surface area contributed by atoms with Crippen molar-refractivity contribution in [1.82, 2.24) is 15.1 Å². The lowest BCUT2D eigenvalue weighted by atomic mass is 9.96. The molecule has 1 aromatic heterocycles. The van der Waals surface area contributed by atoms with Crippen LogP contribution in [0.3, 0.4) is 0 Å². The minimum atomic E-state index is -0.844. The molecule has 0 radical (unpaired) electrons. The van der Waals surface area contributed by atoms with E-state index in [0.717, 1.165) is 25.7 Å². The van der Waals surface area contributed by atoms with Crippen LogP contribution in [0.25, 0.3) is 0 Å². The van der Waals surface area contributed by atoms with Gasteiger partial charge in [-0.15, -0.1) is 0 Å². The molecule has 26 heavy (non-hydrogen) atoms. The minimum Gasteiger partial charge on any atom is -0.467 e. The Hall–Kier alpha value is -2.51. The number of furan rings is 1. The first-order chi connectivity index (χ1) is 12.6. The zero-order chi connectivity index (χ0) is 18.5. The van der Waals surface area contributed by atoms with Gasteiger partial charge in [0.1, 0.15) is 6.04 Å². The van der Waals surface area contributed by atoms with Crippen molar-refractivity contribution in [2.45, 2.75) is 44.2 Å². The predicted molar refractivity (Wildman–Crippen MR) is 92.5 cm³/mol. The van der Waals surface area contributed by atoms with Crippen molar-refractivity contribution in [3.8, 4) is 0 Å². The second-order valence-electron chi connectivity index (χ2n) is 6.75. The molecule has 1 aliphatic heterocycles. The molecule has 142 valence electrons. The van der Waals surface area contributed by atoms with Gasteiger partial charge < -0.3 is 24.3 Å². The van der Waals surface area contributed by atoms with Crippen LogP contribution in [-0.2, 0) is 9.53 Å². The summed E-state index contributed by atoms with van der Waals surface area (Å²) in [6.07, 6.45) is 6.85. The number of carbonyl (C=O) groups is 3. The fourth-order valence-electron chi connectivity index (χ4n) is 3.60. The molecule has 3 amide bonds. The Morgan fingerprint density at radius 2 is 1.96 bits per heavy atom. The molecule has 1 aromatic rings. The van der Waals surface area contributed by atoms with Gasteiger partial charge in [0, 0.05) is 19.1 Å². The molecule has 8 heteroatoms. The second kappa shape index (κ2) is 8.25. The molecule has 1 aliphatic carbocycles. The molecular formula is C18H25N3O5. The first kappa shape index (κ1) is 18.3. The Bertz CT molecular complexity index is 639. The molecule has 0 spiro atoms. The number of piperazine rings is 1. The van der Waals surface area contributed by atoms with Gasteiger partial charge in [-0.1, -0.05) is 19.3 Å². The zero-order valence-corrected chi connectivity index (χ0v) is 15.0. The normalized spacial score (nSPS) is 21.3. The number of ether oxygens (including phenoxy) is 1. The highest BCUT2D eigenvalue weighted by atomic mass is 16.5. The van der Waals surface area contributed by atoms with Gasteiger partial charge in [-0.3, -0.25) is 4.79 Å². The third-order valence-electron chi connectivity index (χ3n) is 5.07. The van der Waals surface area contributed by atoms with Gasteiger partial charge in [0.15, 0.2) is 5.76 Å². The summed E-state index contributed by atoms with van der Waals surface area (Å²) in [5.74, 6) is -0.753. The van der Waals surface area contributed by atoms with E-state index in [1.54, 1.807) is 17.0 Å². The van der Waals surface area contributed by atoms with E-state index >= 15 is 0 Å². The first-order valence-electron chi connectivity index (χ1n) is 9.08. The number of nitrogens with one attached hydrogen (secondary N) is 1. The predicted octanol–water partition coefficient (Wildman–Crippen LogP) is 1.62. The number of carbonyl (C=O) groups excluding carboxylic acids is 3. The summed E-state index contributed by atoms with van der Waals surface area (Å²) in [5, 5.41) is 3.05. The fraction of sp³-hybridized carbons (Fsp3) is 0.611. The summed E-state index contributed by atoms with van der Waals surface area (Å²) in [7, 11) is 1.28. The van der Waals surface area contributed by atoms with Gasteiger partial charge in [-0.25, -0.2) is 9.59 Å². The molecule has 1 N–H and O–H groups in total. The van der Waals surface area contributed by atoms with Gasteiger partial charge in [0.05, 0.1) is 19.9 Å². The van der Waals surface area contributed by atoms with Crippen LogP contribution in [0.5, 0.6) is 0 Å². The first-order valence-corrected chi connectivity index (χ1v) is 9.08. The van der Waals surface area contributed by atoms with E-state index in [1.807, 2.05) is 0 Å². The molecular weight excluding hydrogens is 338 g/mol. The molecule has 1 atom stereocenters. The Balaban J connectivity index is 1.66. The van der Waals surface area contributed by atoms with Gasteiger partial charge >= 0.3 is 12.0 Å². The monoisotopic (exact) mass is 363 g/mol. The molecule has 8 nitrogen and oxygen atoms in total. The van der Waals surface area contributed by atoms with E-state index < -0.39 is 12.0 Å². The average Bonchev–Trinajstić information content (AvgIpc) is 3.22. The summed E-state index contributed by atoms with van der Waals surface area (Å²) in [6.45, 7) is 0.716. The van der Waals surface area contributed by atoms with Gasteiger partial charge in [0.2, 0.25) is 0 Å². The van der Waals surface area contributed by atoms with Crippen molar-refractivity contribution in [2.24, 2.45) is 0 Å². The van der Waals surface area contributed by atoms with Crippen LogP contribution in [0.1, 0.15) is 42.7 Å². The lowest BCUT2D eigenvalue weighted by Crippen LogP contribution is -2.61. The smallest absolute Gasteiger partial charge is 0.330 e. The average molecular weight is 363 g/mol. The van der Waals surface area contributed by atoms with E-state index in [1.165, 1.54) is 24.7 Å². The number of methoxy groups -OCH3 is 1. The van der Waals surface area contributed by atoms with Gasteiger partial charge in [0.25, 0.3) is 5.91 Å². The van der Waals surface area contributed by atoms with Crippen LogP contribution < -0.4 is 5.32 Å². The summed E-state index contributed by atoms with van der Waals surface area (Å²) < 4.78 is 9.99. The second-order valence-corrected chi connectivity index (χ2v) is 6.75. The largest absolute Gasteiger partial charge is 0.467 e. The third kappa shape index (κ3) is 4.00. The molecule has 2 aliphatic rings. The highest BCUT2D eigenvalue weighted by molar-refractivity contribution is 5.95. The Kier molecular flexibility index (Phi) is 5.80. The van der Waals surface area contributed by atoms with Crippen LogP contribution in [-0.4, -0.2) is 66.5 Å². The standard InChI is InChI=1S/C18H25N3O5/c1-25-17(23)14-12-20(18(24)19-13-6-3-2-4-7-13)9-10-21(14)16(22)15-8-5-11-26-15/h5,8,11,13-14H,2-4,6-7,9-10,12H2,1H3,(H,19,24). The van der Waals surface area contributed by atoms with Crippen molar-refractivity contribution < 1.29 is 23.5 Å². The number of urea groups is 1. The van der Waals surface area contributed by atoms with E-state index in [2.05, 4.69) is 5.32 Å². The highest BCUT2D eigenvalue weighted by Gasteiger charge is 2.39. The van der Waals surface area contributed by atoms with Gasteiger partial charge in [-0.2, -0.15) is 0 Å². The molecule has 1 unspecified atom stereocenters. The number of hydrogen-bond acceptors (Lipinski definition) is 5. The zero-order valence-electron chi connectivity index (χ0n) is 15.0. The Morgan fingerprint density at radius 3 is 2.62 bits per heavy atom. The lowest BCUT2D eigenvalue weighted by Gasteiger charge is -2.40. The maximum atomic E-state index is 12.6. The van der Waals surface area contributed by atoms with Crippen LogP contribution in [0.2, 0.25) is 0 Å². The molecule has 3 rings (SSSR count). The molecule has 0 aromatic carbocycles. The number of hydrogen-bond donors (Lipinski definition) is 1. The summed E-state index contributed by atoms with van der Waals surface area (Å²) >= 11 is 0. The van der Waals surface area contributed by atoms with Crippen molar-refractivity contribution >= 4 is 17.9 Å². The fourth-order valence-corrected chi connectivity index (χ4v) is 3.60. The Morgan fingerprint density at radius 1 is 1.19 bits per heavy atom. The van der Waals surface area contributed by atoms with Crippen LogP contribution >= 0.6 is 0 Å². The molecule has 1 saturated heterocycles. The van der Waals surface area contributed by atoms with E-state index in [4.69, 9.17) is 9.15 Å². The lowest BCUT2D eigenvalue weighted by molar-refractivity contribution is -0.147. The third-order valence-corrected chi connectivity index (χ3v) is 5.07. The van der Waals surface area contributed by atoms with Crippen molar-refractivity contribution in [3.05, 3.63) is 24.2 Å². The van der Waals surface area contributed by atoms with Crippen LogP contribution in [0.4, 0.5) is 4.79 Å². The summed E-state index contributed by atoms with van der Waals surface area (Å²) in [6, 6.07) is 2.34. The van der Waals surface area contributed by atoms with E-state index in [9.17, 15) is 14.4 Å². The van der Waals surface area contributed by atoms with Crippen LogP contribution in [0.15, 0.2) is 22.8 Å². The van der Waals surface area contributed by atoms with Crippen molar-refractivity contribution in [3.63, 3.8) is 0 Å². The van der Waals surface area contributed by atoms with Gasteiger partial charge in [-0.05, 0) is 25.0 Å². The minimum absolute atomic E-state index is 0.109. The molecule has 2 heterocycles. The quantitative estimate of drug-likeness (QED) is 0.824. The topological polar surface area (TPSA) is 92.1 Å². The molecule has 0 bridgehead atoms. The number of nitrogens with zero attached hydrogens (tertiary/aromatic N) is 2. The molecule has 2 fully saturated rings. The molecule has 1 saturated carbocycles. The number of rotatable bonds is 3. The SMILES string of the molecule is COC(=O)C1CN(C(=O)NC2CCCCC2)CCN1C(=O)c1ccco1. The van der Waals surface area contributed by atoms with E-state index in [-0.39, 0.29) is 36.8 Å². The highest BCUT2D eigenvalue weighted by Crippen LogP contribution is 2.19. The number of amides is 3. The Labute approximate surface area is 152 Å². The van der Waals surface area contributed by atoms with Crippen molar-refractivity contribution in [2.75, 3.05) is 26.7 Å². The van der Waals surface area contributed by atoms with Crippen LogP contribution in [0, 0.1) is 0 Å². The summed E-state index contributed by atoms with van der Waals surface area (Å²) in [5.41, 5.74) is 0. The van der Waals surface area contributed by atoms with E-state index in [0.29, 0.717) is 6.54 Å².